The summed E-state index contributed by atoms with van der Waals surface area (Å²) in [5.74, 6) is 2.72. The van der Waals surface area contributed by atoms with E-state index in [-0.39, 0.29) is 18.1 Å². The molecule has 2 aliphatic heterocycles. The fraction of sp³-hybridized carbons (Fsp3) is 0.588. The van der Waals surface area contributed by atoms with Crippen LogP contribution >= 0.6 is 11.8 Å². The number of nitrogens with one attached hydrogen (secondary N) is 1. The quantitative estimate of drug-likeness (QED) is 0.861. The summed E-state index contributed by atoms with van der Waals surface area (Å²) in [4.78, 5) is 11.1. The molecule has 2 N–H and O–H groups in total. The SMILES string of the molecule is COc1ccc(C2CC(C(=O)O)CN2)cc1OC1CCSCC1. The van der Waals surface area contributed by atoms with E-state index in [0.29, 0.717) is 13.0 Å². The first-order chi connectivity index (χ1) is 11.2. The molecule has 23 heavy (non-hydrogen) atoms. The van der Waals surface area contributed by atoms with E-state index in [9.17, 15) is 4.79 Å². The number of benzene rings is 1. The van der Waals surface area contributed by atoms with Gasteiger partial charge in [0.2, 0.25) is 0 Å². The first kappa shape index (κ1) is 16.5. The van der Waals surface area contributed by atoms with Gasteiger partial charge in [-0.1, -0.05) is 6.07 Å². The Morgan fingerprint density at radius 2 is 2.09 bits per heavy atom. The zero-order valence-electron chi connectivity index (χ0n) is 13.3. The summed E-state index contributed by atoms with van der Waals surface area (Å²) in [7, 11) is 1.65. The van der Waals surface area contributed by atoms with E-state index in [2.05, 4.69) is 5.32 Å². The molecule has 2 fully saturated rings. The third-order valence-corrected chi connectivity index (χ3v) is 5.58. The Bertz CT molecular complexity index is 560. The number of thioether (sulfide) groups is 1. The smallest absolute Gasteiger partial charge is 0.307 e. The zero-order valence-corrected chi connectivity index (χ0v) is 14.1. The van der Waals surface area contributed by atoms with Gasteiger partial charge in [-0.2, -0.15) is 11.8 Å². The first-order valence-corrected chi connectivity index (χ1v) is 9.21. The Balaban J connectivity index is 1.74. The highest BCUT2D eigenvalue weighted by atomic mass is 32.2. The summed E-state index contributed by atoms with van der Waals surface area (Å²) in [6.07, 6.45) is 2.96. The van der Waals surface area contributed by atoms with Crippen LogP contribution < -0.4 is 14.8 Å². The molecule has 0 spiro atoms. The molecule has 0 radical (unpaired) electrons. The molecule has 0 aliphatic carbocycles. The van der Waals surface area contributed by atoms with Crippen LogP contribution in [0, 0.1) is 5.92 Å². The van der Waals surface area contributed by atoms with Gasteiger partial charge in [-0.15, -0.1) is 0 Å². The minimum Gasteiger partial charge on any atom is -0.493 e. The van der Waals surface area contributed by atoms with Crippen LogP contribution in [0.25, 0.3) is 0 Å². The van der Waals surface area contributed by atoms with Gasteiger partial charge in [0.05, 0.1) is 13.0 Å². The van der Waals surface area contributed by atoms with Gasteiger partial charge in [0.25, 0.3) is 0 Å². The fourth-order valence-corrected chi connectivity index (χ4v) is 4.22. The Morgan fingerprint density at radius 1 is 1.30 bits per heavy atom. The number of ether oxygens (including phenoxy) is 2. The van der Waals surface area contributed by atoms with Crippen molar-refractivity contribution in [3.63, 3.8) is 0 Å². The van der Waals surface area contributed by atoms with Crippen LogP contribution in [0.4, 0.5) is 0 Å². The standard InChI is InChI=1S/C17H23NO4S/c1-21-15-3-2-11(14-8-12(10-18-14)17(19)20)9-16(15)22-13-4-6-23-7-5-13/h2-3,9,12-14,18H,4-8,10H2,1H3,(H,19,20). The molecule has 0 amide bonds. The molecule has 2 aliphatic rings. The molecule has 2 heterocycles. The van der Waals surface area contributed by atoms with Crippen molar-refractivity contribution in [3.05, 3.63) is 23.8 Å². The highest BCUT2D eigenvalue weighted by Crippen LogP contribution is 2.36. The summed E-state index contributed by atoms with van der Waals surface area (Å²) in [5, 5.41) is 12.4. The van der Waals surface area contributed by atoms with Crippen LogP contribution in [0.15, 0.2) is 18.2 Å². The molecular weight excluding hydrogens is 314 g/mol. The van der Waals surface area contributed by atoms with Gasteiger partial charge in [0.1, 0.15) is 6.10 Å². The number of hydrogen-bond donors (Lipinski definition) is 2. The minimum absolute atomic E-state index is 0.0614. The molecule has 6 heteroatoms. The van der Waals surface area contributed by atoms with E-state index in [4.69, 9.17) is 14.6 Å². The molecule has 2 unspecified atom stereocenters. The van der Waals surface area contributed by atoms with Crippen LogP contribution in [0.1, 0.15) is 30.9 Å². The molecule has 0 saturated carbocycles. The summed E-state index contributed by atoms with van der Waals surface area (Å²) in [6.45, 7) is 0.516. The maximum atomic E-state index is 11.1. The molecule has 0 bridgehead atoms. The number of carbonyl (C=O) groups is 1. The monoisotopic (exact) mass is 337 g/mol. The van der Waals surface area contributed by atoms with Gasteiger partial charge in [0.15, 0.2) is 11.5 Å². The molecule has 1 aromatic carbocycles. The van der Waals surface area contributed by atoms with Gasteiger partial charge < -0.3 is 19.9 Å². The van der Waals surface area contributed by atoms with Crippen LogP contribution in [0.3, 0.4) is 0 Å². The number of hydrogen-bond acceptors (Lipinski definition) is 5. The number of aliphatic carboxylic acids is 1. The van der Waals surface area contributed by atoms with Gasteiger partial charge in [-0.25, -0.2) is 0 Å². The van der Waals surface area contributed by atoms with Crippen molar-refractivity contribution < 1.29 is 19.4 Å². The normalized spacial score (nSPS) is 25.3. The predicted octanol–water partition coefficient (Wildman–Crippen LogP) is 2.70. The number of carboxylic acid groups (broad SMARTS) is 1. The Morgan fingerprint density at radius 3 is 2.74 bits per heavy atom. The highest BCUT2D eigenvalue weighted by molar-refractivity contribution is 7.99. The van der Waals surface area contributed by atoms with Gasteiger partial charge in [-0.3, -0.25) is 4.79 Å². The third kappa shape index (κ3) is 3.93. The van der Waals surface area contributed by atoms with Crippen LogP contribution in [-0.4, -0.2) is 42.3 Å². The van der Waals surface area contributed by atoms with Crippen molar-refractivity contribution in [1.82, 2.24) is 5.32 Å². The van der Waals surface area contributed by atoms with Crippen molar-refractivity contribution in [1.29, 1.82) is 0 Å². The zero-order chi connectivity index (χ0) is 16.2. The number of carboxylic acids is 1. The van der Waals surface area contributed by atoms with E-state index >= 15 is 0 Å². The fourth-order valence-electron chi connectivity index (χ4n) is 3.15. The van der Waals surface area contributed by atoms with Crippen molar-refractivity contribution in [3.8, 4) is 11.5 Å². The lowest BCUT2D eigenvalue weighted by molar-refractivity contribution is -0.141. The van der Waals surface area contributed by atoms with E-state index in [0.717, 1.165) is 41.4 Å². The molecule has 2 atom stereocenters. The topological polar surface area (TPSA) is 67.8 Å². The molecule has 1 aromatic rings. The summed E-state index contributed by atoms with van der Waals surface area (Å²) >= 11 is 1.97. The Hall–Kier alpha value is -1.40. The maximum Gasteiger partial charge on any atom is 0.307 e. The van der Waals surface area contributed by atoms with Crippen LogP contribution in [0.5, 0.6) is 11.5 Å². The number of methoxy groups -OCH3 is 1. The predicted molar refractivity (Wildman–Crippen MR) is 90.5 cm³/mol. The molecule has 0 aromatic heterocycles. The third-order valence-electron chi connectivity index (χ3n) is 4.53. The second kappa shape index (κ2) is 7.45. The van der Waals surface area contributed by atoms with E-state index in [1.54, 1.807) is 7.11 Å². The maximum absolute atomic E-state index is 11.1. The largest absolute Gasteiger partial charge is 0.493 e. The van der Waals surface area contributed by atoms with Gasteiger partial charge >= 0.3 is 5.97 Å². The minimum atomic E-state index is -0.732. The lowest BCUT2D eigenvalue weighted by atomic mass is 10.00. The molecular formula is C17H23NO4S. The first-order valence-electron chi connectivity index (χ1n) is 8.06. The van der Waals surface area contributed by atoms with Gasteiger partial charge in [-0.05, 0) is 48.5 Å². The summed E-state index contributed by atoms with van der Waals surface area (Å²) in [6, 6.07) is 5.97. The Kier molecular flexibility index (Phi) is 5.33. The summed E-state index contributed by atoms with van der Waals surface area (Å²) < 4.78 is 11.6. The molecule has 2 saturated heterocycles. The molecule has 3 rings (SSSR count). The van der Waals surface area contributed by atoms with Crippen molar-refractivity contribution in [2.24, 2.45) is 5.92 Å². The van der Waals surface area contributed by atoms with E-state index < -0.39 is 5.97 Å². The van der Waals surface area contributed by atoms with Crippen LogP contribution in [-0.2, 0) is 4.79 Å². The van der Waals surface area contributed by atoms with Crippen LogP contribution in [0.2, 0.25) is 0 Å². The molecule has 126 valence electrons. The highest BCUT2D eigenvalue weighted by Gasteiger charge is 2.30. The second-order valence-corrected chi connectivity index (χ2v) is 7.30. The lowest BCUT2D eigenvalue weighted by Crippen LogP contribution is -2.22. The van der Waals surface area contributed by atoms with Crippen molar-refractivity contribution in [2.45, 2.75) is 31.4 Å². The van der Waals surface area contributed by atoms with E-state index in [1.807, 2.05) is 30.0 Å². The average molecular weight is 337 g/mol. The van der Waals surface area contributed by atoms with E-state index in [1.165, 1.54) is 0 Å². The second-order valence-electron chi connectivity index (χ2n) is 6.07. The van der Waals surface area contributed by atoms with Crippen molar-refractivity contribution in [2.75, 3.05) is 25.2 Å². The number of rotatable bonds is 5. The van der Waals surface area contributed by atoms with Gasteiger partial charge in [0, 0.05) is 12.6 Å². The Labute approximate surface area is 140 Å². The lowest BCUT2D eigenvalue weighted by Gasteiger charge is -2.24. The van der Waals surface area contributed by atoms with Crippen molar-refractivity contribution >= 4 is 17.7 Å². The average Bonchev–Trinajstić information content (AvgIpc) is 3.06. The summed E-state index contributed by atoms with van der Waals surface area (Å²) in [5.41, 5.74) is 1.06. The molecule has 5 nitrogen and oxygen atoms in total.